The molecule has 0 radical (unpaired) electrons. The Hall–Kier alpha value is -1.75. The Morgan fingerprint density at radius 2 is 2.09 bits per heavy atom. The molecule has 1 saturated heterocycles. The third-order valence-electron chi connectivity index (χ3n) is 4.38. The highest BCUT2D eigenvalue weighted by atomic mass is 16.5. The van der Waals surface area contributed by atoms with Gasteiger partial charge in [-0.3, -0.25) is 0 Å². The predicted molar refractivity (Wildman–Crippen MR) is 84.0 cm³/mol. The Bertz CT molecular complexity index is 513. The number of morpholine rings is 1. The van der Waals surface area contributed by atoms with Crippen LogP contribution in [0.5, 0.6) is 5.75 Å². The summed E-state index contributed by atoms with van der Waals surface area (Å²) in [6.07, 6.45) is 2.47. The van der Waals surface area contributed by atoms with Gasteiger partial charge in [-0.05, 0) is 43.4 Å². The number of methoxy groups -OCH3 is 1. The van der Waals surface area contributed by atoms with Gasteiger partial charge in [-0.25, -0.2) is 4.79 Å². The number of carbonyl (C=O) groups excluding carboxylic acids is 1. The number of ether oxygens (including phenoxy) is 2. The second kappa shape index (κ2) is 6.57. The molecule has 3 rings (SSSR count). The topological polar surface area (TPSA) is 50.8 Å². The molecule has 2 atom stereocenters. The van der Waals surface area contributed by atoms with Crippen molar-refractivity contribution in [3.63, 3.8) is 0 Å². The molecule has 0 aromatic heterocycles. The van der Waals surface area contributed by atoms with Gasteiger partial charge < -0.3 is 19.7 Å². The second-order valence-corrected chi connectivity index (χ2v) is 6.17. The fraction of sp³-hybridized carbons (Fsp3) is 0.588. The van der Waals surface area contributed by atoms with E-state index in [1.807, 2.05) is 36.1 Å². The molecule has 1 heterocycles. The summed E-state index contributed by atoms with van der Waals surface area (Å²) >= 11 is 0. The predicted octanol–water partition coefficient (Wildman–Crippen LogP) is 2.58. The molecule has 1 saturated carbocycles. The molecule has 5 nitrogen and oxygen atoms in total. The molecule has 0 spiro atoms. The average molecular weight is 304 g/mol. The quantitative estimate of drug-likeness (QED) is 0.930. The van der Waals surface area contributed by atoms with Crippen molar-refractivity contribution in [1.29, 1.82) is 0 Å². The van der Waals surface area contributed by atoms with E-state index in [9.17, 15) is 4.79 Å². The van der Waals surface area contributed by atoms with Gasteiger partial charge in [0.05, 0.1) is 25.9 Å². The number of rotatable bonds is 4. The summed E-state index contributed by atoms with van der Waals surface area (Å²) in [5.41, 5.74) is 1.15. The molecule has 22 heavy (non-hydrogen) atoms. The van der Waals surface area contributed by atoms with Crippen molar-refractivity contribution in [2.45, 2.75) is 31.9 Å². The van der Waals surface area contributed by atoms with Gasteiger partial charge in [-0.2, -0.15) is 0 Å². The minimum atomic E-state index is 0.0165. The number of amides is 2. The van der Waals surface area contributed by atoms with Crippen molar-refractivity contribution in [2.75, 3.05) is 26.8 Å². The van der Waals surface area contributed by atoms with E-state index in [2.05, 4.69) is 5.32 Å². The molecule has 1 aromatic carbocycles. The highest BCUT2D eigenvalue weighted by molar-refractivity contribution is 5.75. The third kappa shape index (κ3) is 3.53. The minimum absolute atomic E-state index is 0.0165. The van der Waals surface area contributed by atoms with Crippen LogP contribution in [0.15, 0.2) is 24.3 Å². The van der Waals surface area contributed by atoms with Crippen LogP contribution in [0.4, 0.5) is 4.79 Å². The Morgan fingerprint density at radius 1 is 1.36 bits per heavy atom. The highest BCUT2D eigenvalue weighted by Crippen LogP contribution is 2.41. The van der Waals surface area contributed by atoms with Gasteiger partial charge in [-0.15, -0.1) is 0 Å². The van der Waals surface area contributed by atoms with Crippen molar-refractivity contribution in [2.24, 2.45) is 5.92 Å². The Balaban J connectivity index is 1.67. The number of carbonyl (C=O) groups is 1. The summed E-state index contributed by atoms with van der Waals surface area (Å²) < 4.78 is 10.7. The van der Waals surface area contributed by atoms with Crippen LogP contribution in [-0.2, 0) is 4.74 Å². The molecule has 2 aliphatic rings. The van der Waals surface area contributed by atoms with E-state index in [1.54, 1.807) is 7.11 Å². The molecule has 1 aromatic rings. The summed E-state index contributed by atoms with van der Waals surface area (Å²) in [5.74, 6) is 1.39. The average Bonchev–Trinajstić information content (AvgIpc) is 3.37. The van der Waals surface area contributed by atoms with E-state index in [0.29, 0.717) is 25.6 Å². The lowest BCUT2D eigenvalue weighted by molar-refractivity contribution is -0.00398. The Kier molecular flexibility index (Phi) is 4.52. The van der Waals surface area contributed by atoms with E-state index >= 15 is 0 Å². The third-order valence-corrected chi connectivity index (χ3v) is 4.38. The van der Waals surface area contributed by atoms with E-state index in [1.165, 1.54) is 12.8 Å². The van der Waals surface area contributed by atoms with Crippen LogP contribution in [0.1, 0.15) is 31.4 Å². The smallest absolute Gasteiger partial charge is 0.318 e. The number of nitrogens with one attached hydrogen (secondary N) is 1. The van der Waals surface area contributed by atoms with Crippen molar-refractivity contribution in [3.05, 3.63) is 29.8 Å². The van der Waals surface area contributed by atoms with Gasteiger partial charge in [0.15, 0.2) is 0 Å². The molecule has 2 fully saturated rings. The molecule has 120 valence electrons. The van der Waals surface area contributed by atoms with Crippen molar-refractivity contribution in [3.8, 4) is 5.75 Å². The SMILES string of the molecule is COc1ccc([C@H](NC(=O)N2CCO[C@@H](C)C2)C2CC2)cc1. The molecule has 1 N–H and O–H groups in total. The van der Waals surface area contributed by atoms with Gasteiger partial charge in [0.1, 0.15) is 5.75 Å². The van der Waals surface area contributed by atoms with Gasteiger partial charge in [0.2, 0.25) is 0 Å². The molecule has 1 aliphatic heterocycles. The maximum absolute atomic E-state index is 12.5. The molecule has 1 aliphatic carbocycles. The number of hydrogen-bond acceptors (Lipinski definition) is 3. The summed E-state index contributed by atoms with van der Waals surface area (Å²) in [7, 11) is 1.66. The lowest BCUT2D eigenvalue weighted by atomic mass is 10.0. The lowest BCUT2D eigenvalue weighted by Crippen LogP contribution is -2.49. The monoisotopic (exact) mass is 304 g/mol. The van der Waals surface area contributed by atoms with Crippen molar-refractivity contribution in [1.82, 2.24) is 10.2 Å². The summed E-state index contributed by atoms with van der Waals surface area (Å²) in [5, 5.41) is 3.21. The zero-order chi connectivity index (χ0) is 15.5. The maximum atomic E-state index is 12.5. The van der Waals surface area contributed by atoms with Gasteiger partial charge in [0, 0.05) is 13.1 Å². The first-order chi connectivity index (χ1) is 10.7. The van der Waals surface area contributed by atoms with E-state index < -0.39 is 0 Å². The summed E-state index contributed by atoms with van der Waals surface area (Å²) in [6.45, 7) is 3.94. The zero-order valence-electron chi connectivity index (χ0n) is 13.2. The van der Waals surface area contributed by atoms with Crippen molar-refractivity contribution >= 4 is 6.03 Å². The van der Waals surface area contributed by atoms with E-state index in [4.69, 9.17) is 9.47 Å². The first kappa shape index (κ1) is 15.2. The number of nitrogens with zero attached hydrogens (tertiary/aromatic N) is 1. The highest BCUT2D eigenvalue weighted by Gasteiger charge is 2.34. The van der Waals surface area contributed by atoms with Crippen LogP contribution >= 0.6 is 0 Å². The van der Waals surface area contributed by atoms with Crippen LogP contribution in [0, 0.1) is 5.92 Å². The standard InChI is InChI=1S/C17H24N2O3/c1-12-11-19(9-10-22-12)17(20)18-16(13-3-4-13)14-5-7-15(21-2)8-6-14/h5-8,12-13,16H,3-4,9-11H2,1-2H3,(H,18,20)/t12-,16+/m0/s1. The van der Waals surface area contributed by atoms with Gasteiger partial charge in [0.25, 0.3) is 0 Å². The second-order valence-electron chi connectivity index (χ2n) is 6.17. The zero-order valence-corrected chi connectivity index (χ0v) is 13.2. The summed E-state index contributed by atoms with van der Waals surface area (Å²) in [6, 6.07) is 8.11. The molecular formula is C17H24N2O3. The number of benzene rings is 1. The van der Waals surface area contributed by atoms with Gasteiger partial charge in [-0.1, -0.05) is 12.1 Å². The van der Waals surface area contributed by atoms with Crippen LogP contribution < -0.4 is 10.1 Å². The lowest BCUT2D eigenvalue weighted by Gasteiger charge is -2.32. The number of hydrogen-bond donors (Lipinski definition) is 1. The maximum Gasteiger partial charge on any atom is 0.318 e. The molecular weight excluding hydrogens is 280 g/mol. The fourth-order valence-electron chi connectivity index (χ4n) is 2.94. The van der Waals surface area contributed by atoms with Crippen LogP contribution in [0.25, 0.3) is 0 Å². The number of urea groups is 1. The Morgan fingerprint density at radius 3 is 2.68 bits per heavy atom. The first-order valence-corrected chi connectivity index (χ1v) is 7.98. The van der Waals surface area contributed by atoms with Crippen LogP contribution in [-0.4, -0.2) is 43.8 Å². The van der Waals surface area contributed by atoms with E-state index in [0.717, 1.165) is 11.3 Å². The summed E-state index contributed by atoms with van der Waals surface area (Å²) in [4.78, 5) is 14.4. The molecule has 5 heteroatoms. The molecule has 0 bridgehead atoms. The normalized spacial score (nSPS) is 23.0. The van der Waals surface area contributed by atoms with Crippen LogP contribution in [0.3, 0.4) is 0 Å². The largest absolute Gasteiger partial charge is 0.497 e. The fourth-order valence-corrected chi connectivity index (χ4v) is 2.94. The van der Waals surface area contributed by atoms with Crippen molar-refractivity contribution < 1.29 is 14.3 Å². The van der Waals surface area contributed by atoms with Crippen LogP contribution in [0.2, 0.25) is 0 Å². The van der Waals surface area contributed by atoms with Gasteiger partial charge >= 0.3 is 6.03 Å². The van der Waals surface area contributed by atoms with E-state index in [-0.39, 0.29) is 18.2 Å². The Labute approximate surface area is 131 Å². The molecule has 2 amide bonds. The minimum Gasteiger partial charge on any atom is -0.497 e. The molecule has 0 unspecified atom stereocenters. The first-order valence-electron chi connectivity index (χ1n) is 7.98.